The van der Waals surface area contributed by atoms with Crippen LogP contribution in [0.1, 0.15) is 66.2 Å². The third-order valence-corrected chi connectivity index (χ3v) is 3.38. The summed E-state index contributed by atoms with van der Waals surface area (Å²) in [4.78, 5) is 0. The molecule has 0 spiro atoms. The fourth-order valence-electron chi connectivity index (χ4n) is 2.46. The Bertz CT molecular complexity index is 165. The van der Waals surface area contributed by atoms with E-state index in [0.29, 0.717) is 5.41 Å². The van der Waals surface area contributed by atoms with Crippen molar-refractivity contribution in [2.45, 2.75) is 72.3 Å². The molecule has 1 aliphatic carbocycles. The van der Waals surface area contributed by atoms with E-state index in [-0.39, 0.29) is 0 Å². The van der Waals surface area contributed by atoms with Crippen molar-refractivity contribution in [2.75, 3.05) is 6.54 Å². The van der Waals surface area contributed by atoms with Gasteiger partial charge in [-0.2, -0.15) is 0 Å². The van der Waals surface area contributed by atoms with E-state index in [1.54, 1.807) is 0 Å². The first kappa shape index (κ1) is 13.0. The topological polar surface area (TPSA) is 12.0 Å². The molecule has 1 atom stereocenters. The summed E-state index contributed by atoms with van der Waals surface area (Å²) in [7, 11) is 0. The molecule has 1 aliphatic rings. The molecule has 1 rings (SSSR count). The lowest BCUT2D eigenvalue weighted by Gasteiger charge is -2.33. The summed E-state index contributed by atoms with van der Waals surface area (Å²) < 4.78 is 0. The molecule has 1 unspecified atom stereocenters. The van der Waals surface area contributed by atoms with Crippen LogP contribution in [0, 0.1) is 11.3 Å². The highest BCUT2D eigenvalue weighted by Gasteiger charge is 2.24. The molecule has 0 radical (unpaired) electrons. The lowest BCUT2D eigenvalue weighted by molar-refractivity contribution is 0.220. The van der Waals surface area contributed by atoms with Gasteiger partial charge in [-0.1, -0.05) is 47.0 Å². The fraction of sp³-hybridized carbons (Fsp3) is 1.00. The maximum Gasteiger partial charge on any atom is 0.00746 e. The Morgan fingerprint density at radius 1 is 1.27 bits per heavy atom. The zero-order valence-electron chi connectivity index (χ0n) is 11.1. The molecule has 1 N–H and O–H groups in total. The molecule has 0 aromatic heterocycles. The molecule has 1 fully saturated rings. The van der Waals surface area contributed by atoms with Crippen molar-refractivity contribution in [3.8, 4) is 0 Å². The Labute approximate surface area is 96.0 Å². The standard InChI is InChI=1S/C14H29N/c1-5-9-15-13(11-14(2,3)4)10-12-7-6-8-12/h12-13,15H,5-11H2,1-4H3. The molecule has 90 valence electrons. The van der Waals surface area contributed by atoms with Gasteiger partial charge in [-0.15, -0.1) is 0 Å². The minimum atomic E-state index is 0.467. The van der Waals surface area contributed by atoms with Crippen LogP contribution in [0.5, 0.6) is 0 Å². The zero-order chi connectivity index (χ0) is 11.3. The van der Waals surface area contributed by atoms with Gasteiger partial charge >= 0.3 is 0 Å². The van der Waals surface area contributed by atoms with Crippen molar-refractivity contribution in [2.24, 2.45) is 11.3 Å². The fourth-order valence-corrected chi connectivity index (χ4v) is 2.46. The second kappa shape index (κ2) is 5.89. The minimum absolute atomic E-state index is 0.467. The minimum Gasteiger partial charge on any atom is -0.314 e. The van der Waals surface area contributed by atoms with Gasteiger partial charge < -0.3 is 5.32 Å². The predicted octanol–water partition coefficient (Wildman–Crippen LogP) is 3.98. The number of rotatable bonds is 6. The third-order valence-electron chi connectivity index (χ3n) is 3.38. The number of hydrogen-bond acceptors (Lipinski definition) is 1. The molecule has 15 heavy (non-hydrogen) atoms. The van der Waals surface area contributed by atoms with Crippen LogP contribution in [-0.4, -0.2) is 12.6 Å². The average molecular weight is 211 g/mol. The van der Waals surface area contributed by atoms with E-state index in [4.69, 9.17) is 0 Å². The first-order chi connectivity index (χ1) is 7.01. The van der Waals surface area contributed by atoms with E-state index >= 15 is 0 Å². The number of hydrogen-bond donors (Lipinski definition) is 1. The maximum absolute atomic E-state index is 3.73. The van der Waals surface area contributed by atoms with Crippen LogP contribution < -0.4 is 5.32 Å². The highest BCUT2D eigenvalue weighted by atomic mass is 14.9. The van der Waals surface area contributed by atoms with Gasteiger partial charge in [0.1, 0.15) is 0 Å². The highest BCUT2D eigenvalue weighted by Crippen LogP contribution is 2.33. The van der Waals surface area contributed by atoms with Crippen LogP contribution in [0.25, 0.3) is 0 Å². The van der Waals surface area contributed by atoms with Crippen molar-refractivity contribution in [3.63, 3.8) is 0 Å². The van der Waals surface area contributed by atoms with E-state index in [9.17, 15) is 0 Å². The van der Waals surface area contributed by atoms with E-state index < -0.39 is 0 Å². The van der Waals surface area contributed by atoms with Crippen LogP contribution in [0.3, 0.4) is 0 Å². The van der Waals surface area contributed by atoms with Gasteiger partial charge in [-0.05, 0) is 37.1 Å². The van der Waals surface area contributed by atoms with E-state index in [0.717, 1.165) is 12.0 Å². The molecular weight excluding hydrogens is 182 g/mol. The van der Waals surface area contributed by atoms with Crippen molar-refractivity contribution in [3.05, 3.63) is 0 Å². The summed E-state index contributed by atoms with van der Waals surface area (Å²) >= 11 is 0. The molecule has 0 saturated heterocycles. The zero-order valence-corrected chi connectivity index (χ0v) is 11.1. The average Bonchev–Trinajstić information content (AvgIpc) is 2.04. The van der Waals surface area contributed by atoms with E-state index in [2.05, 4.69) is 33.0 Å². The SMILES string of the molecule is CCCNC(CC1CCC1)CC(C)(C)C. The smallest absolute Gasteiger partial charge is 0.00746 e. The second-order valence-electron chi connectivity index (χ2n) is 6.45. The van der Waals surface area contributed by atoms with Crippen LogP contribution in [0.4, 0.5) is 0 Å². The summed E-state index contributed by atoms with van der Waals surface area (Å²) in [6, 6.07) is 0.759. The molecule has 0 aromatic rings. The van der Waals surface area contributed by atoms with Gasteiger partial charge in [0.05, 0.1) is 0 Å². The van der Waals surface area contributed by atoms with Gasteiger partial charge in [-0.3, -0.25) is 0 Å². The normalized spacial score (nSPS) is 20.0. The van der Waals surface area contributed by atoms with Crippen LogP contribution in [0.2, 0.25) is 0 Å². The van der Waals surface area contributed by atoms with Crippen LogP contribution >= 0.6 is 0 Å². The molecule has 0 bridgehead atoms. The van der Waals surface area contributed by atoms with Crippen LogP contribution in [-0.2, 0) is 0 Å². The van der Waals surface area contributed by atoms with Gasteiger partial charge in [0.2, 0.25) is 0 Å². The van der Waals surface area contributed by atoms with Crippen molar-refractivity contribution in [1.82, 2.24) is 5.32 Å². The van der Waals surface area contributed by atoms with Gasteiger partial charge in [-0.25, -0.2) is 0 Å². The van der Waals surface area contributed by atoms with E-state index in [1.165, 1.54) is 45.1 Å². The molecule has 1 heteroatoms. The second-order valence-corrected chi connectivity index (χ2v) is 6.45. The highest BCUT2D eigenvalue weighted by molar-refractivity contribution is 4.80. The molecular formula is C14H29N. The molecule has 0 amide bonds. The molecule has 1 saturated carbocycles. The molecule has 0 aliphatic heterocycles. The summed E-state index contributed by atoms with van der Waals surface area (Å²) in [5.41, 5.74) is 0.467. The van der Waals surface area contributed by atoms with Gasteiger partial charge in [0.25, 0.3) is 0 Å². The Morgan fingerprint density at radius 2 is 1.93 bits per heavy atom. The predicted molar refractivity (Wildman–Crippen MR) is 68.1 cm³/mol. The first-order valence-electron chi connectivity index (χ1n) is 6.74. The summed E-state index contributed by atoms with van der Waals surface area (Å²) in [6.45, 7) is 10.5. The van der Waals surface area contributed by atoms with Crippen molar-refractivity contribution in [1.29, 1.82) is 0 Å². The molecule has 0 heterocycles. The summed E-state index contributed by atoms with van der Waals surface area (Å²) in [5.74, 6) is 1.03. The van der Waals surface area contributed by atoms with Crippen molar-refractivity contribution < 1.29 is 0 Å². The van der Waals surface area contributed by atoms with E-state index in [1.807, 2.05) is 0 Å². The first-order valence-corrected chi connectivity index (χ1v) is 6.74. The van der Waals surface area contributed by atoms with Crippen molar-refractivity contribution >= 4 is 0 Å². The largest absolute Gasteiger partial charge is 0.314 e. The van der Waals surface area contributed by atoms with Gasteiger partial charge in [0.15, 0.2) is 0 Å². The lowest BCUT2D eigenvalue weighted by Crippen LogP contribution is -2.36. The Hall–Kier alpha value is -0.0400. The quantitative estimate of drug-likeness (QED) is 0.700. The molecule has 0 aromatic carbocycles. The Balaban J connectivity index is 2.30. The number of nitrogens with one attached hydrogen (secondary N) is 1. The lowest BCUT2D eigenvalue weighted by atomic mass is 9.77. The molecule has 1 nitrogen and oxygen atoms in total. The maximum atomic E-state index is 3.73. The summed E-state index contributed by atoms with van der Waals surface area (Å²) in [5, 5.41) is 3.73. The van der Waals surface area contributed by atoms with Gasteiger partial charge in [0, 0.05) is 6.04 Å². The summed E-state index contributed by atoms with van der Waals surface area (Å²) in [6.07, 6.45) is 8.43. The Morgan fingerprint density at radius 3 is 2.33 bits per heavy atom. The Kier molecular flexibility index (Phi) is 5.11. The third kappa shape index (κ3) is 5.55. The van der Waals surface area contributed by atoms with Crippen LogP contribution in [0.15, 0.2) is 0 Å². The monoisotopic (exact) mass is 211 g/mol.